The molecule has 5 nitrogen and oxygen atoms in total. The molecule has 4 rings (SSSR count). The zero-order valence-corrected chi connectivity index (χ0v) is 16.3. The van der Waals surface area contributed by atoms with Crippen LogP contribution < -0.4 is 5.32 Å². The summed E-state index contributed by atoms with van der Waals surface area (Å²) in [6.45, 7) is 0. The van der Waals surface area contributed by atoms with Gasteiger partial charge in [0.25, 0.3) is 0 Å². The lowest BCUT2D eigenvalue weighted by Gasteiger charge is -2.05. The van der Waals surface area contributed by atoms with Crippen LogP contribution in [-0.4, -0.2) is 15.9 Å². The zero-order chi connectivity index (χ0) is 19.3. The Hall–Kier alpha value is -2.96. The van der Waals surface area contributed by atoms with E-state index in [2.05, 4.69) is 15.3 Å². The van der Waals surface area contributed by atoms with Crippen molar-refractivity contribution >= 4 is 34.5 Å². The van der Waals surface area contributed by atoms with Crippen LogP contribution in [0.15, 0.2) is 70.7 Å². The highest BCUT2D eigenvalue weighted by atomic mass is 35.5. The number of aryl methyl sites for hydroxylation is 1. The van der Waals surface area contributed by atoms with Gasteiger partial charge < -0.3 is 9.73 Å². The summed E-state index contributed by atoms with van der Waals surface area (Å²) in [6, 6.07) is 15.0. The normalized spacial score (nSPS) is 10.8. The first kappa shape index (κ1) is 18.4. The van der Waals surface area contributed by atoms with Crippen molar-refractivity contribution in [3.05, 3.63) is 77.2 Å². The fourth-order valence-electron chi connectivity index (χ4n) is 2.68. The molecule has 0 aliphatic heterocycles. The Kier molecular flexibility index (Phi) is 5.50. The SMILES string of the molecule is O=C(CCc1ncc(-c2ccc(Cl)cc2)o1)Nc1ccc(-c2nccs2)cc1. The van der Waals surface area contributed by atoms with Gasteiger partial charge in [-0.2, -0.15) is 0 Å². The van der Waals surface area contributed by atoms with Crippen molar-refractivity contribution in [2.24, 2.45) is 0 Å². The van der Waals surface area contributed by atoms with E-state index in [9.17, 15) is 4.79 Å². The summed E-state index contributed by atoms with van der Waals surface area (Å²) < 4.78 is 5.73. The molecule has 0 radical (unpaired) electrons. The summed E-state index contributed by atoms with van der Waals surface area (Å²) in [7, 11) is 0. The van der Waals surface area contributed by atoms with Gasteiger partial charge >= 0.3 is 0 Å². The second-order valence-corrected chi connectivity index (χ2v) is 7.42. The van der Waals surface area contributed by atoms with Crippen molar-refractivity contribution in [3.8, 4) is 21.9 Å². The summed E-state index contributed by atoms with van der Waals surface area (Å²) in [5.74, 6) is 1.09. The zero-order valence-electron chi connectivity index (χ0n) is 14.8. The quantitative estimate of drug-likeness (QED) is 0.444. The Balaban J connectivity index is 1.31. The van der Waals surface area contributed by atoms with E-state index in [-0.39, 0.29) is 12.3 Å². The highest BCUT2D eigenvalue weighted by Crippen LogP contribution is 2.24. The first-order valence-corrected chi connectivity index (χ1v) is 9.93. The van der Waals surface area contributed by atoms with Crippen LogP contribution in [0.3, 0.4) is 0 Å². The number of anilines is 1. The molecule has 0 spiro atoms. The number of carbonyl (C=O) groups excluding carboxylic acids is 1. The Morgan fingerprint density at radius 3 is 2.50 bits per heavy atom. The average molecular weight is 410 g/mol. The van der Waals surface area contributed by atoms with Crippen LogP contribution in [0.25, 0.3) is 21.9 Å². The van der Waals surface area contributed by atoms with Crippen LogP contribution in [0.1, 0.15) is 12.3 Å². The highest BCUT2D eigenvalue weighted by molar-refractivity contribution is 7.13. The molecule has 0 fully saturated rings. The second-order valence-electron chi connectivity index (χ2n) is 6.09. The van der Waals surface area contributed by atoms with Crippen LogP contribution in [-0.2, 0) is 11.2 Å². The third-order valence-corrected chi connectivity index (χ3v) is 5.17. The summed E-state index contributed by atoms with van der Waals surface area (Å²) in [4.78, 5) is 20.7. The maximum atomic E-state index is 12.2. The molecule has 0 saturated carbocycles. The minimum Gasteiger partial charge on any atom is -0.441 e. The molecule has 0 aliphatic carbocycles. The molecular formula is C21H16ClN3O2S. The largest absolute Gasteiger partial charge is 0.441 e. The number of oxazole rings is 1. The number of thiazole rings is 1. The number of amides is 1. The second kappa shape index (κ2) is 8.37. The smallest absolute Gasteiger partial charge is 0.224 e. The van der Waals surface area contributed by atoms with Crippen molar-refractivity contribution in [3.63, 3.8) is 0 Å². The van der Waals surface area contributed by atoms with Gasteiger partial charge in [0.15, 0.2) is 11.7 Å². The predicted molar refractivity (Wildman–Crippen MR) is 111 cm³/mol. The molecule has 2 heterocycles. The van der Waals surface area contributed by atoms with E-state index in [1.807, 2.05) is 41.8 Å². The number of halogens is 1. The maximum absolute atomic E-state index is 12.2. The average Bonchev–Trinajstić information content (AvgIpc) is 3.40. The number of hydrogen-bond donors (Lipinski definition) is 1. The minimum absolute atomic E-state index is 0.0896. The molecule has 1 amide bonds. The van der Waals surface area contributed by atoms with E-state index >= 15 is 0 Å². The van der Waals surface area contributed by atoms with Gasteiger partial charge in [0.05, 0.1) is 6.20 Å². The predicted octanol–water partition coefficient (Wildman–Crippen LogP) is 5.69. The standard InChI is InChI=1S/C21H16ClN3O2S/c22-16-5-1-14(2-6-16)18-13-24-20(27-18)10-9-19(26)25-17-7-3-15(4-8-17)21-23-11-12-28-21/h1-8,11-13H,9-10H2,(H,25,26). The fraction of sp³-hybridized carbons (Fsp3) is 0.0952. The lowest BCUT2D eigenvalue weighted by molar-refractivity contribution is -0.116. The van der Waals surface area contributed by atoms with E-state index in [1.54, 1.807) is 35.9 Å². The number of benzene rings is 2. The fourth-order valence-corrected chi connectivity index (χ4v) is 3.45. The summed E-state index contributed by atoms with van der Waals surface area (Å²) in [5.41, 5.74) is 2.68. The number of aromatic nitrogens is 2. The Labute approximate surface area is 171 Å². The van der Waals surface area contributed by atoms with E-state index in [0.29, 0.717) is 23.1 Å². The molecule has 0 bridgehead atoms. The molecule has 0 unspecified atom stereocenters. The Bertz CT molecular complexity index is 1060. The monoisotopic (exact) mass is 409 g/mol. The minimum atomic E-state index is -0.0896. The van der Waals surface area contributed by atoms with Gasteiger partial charge in [0.1, 0.15) is 5.01 Å². The van der Waals surface area contributed by atoms with E-state index in [4.69, 9.17) is 16.0 Å². The molecular weight excluding hydrogens is 394 g/mol. The van der Waals surface area contributed by atoms with Gasteiger partial charge in [-0.1, -0.05) is 11.6 Å². The van der Waals surface area contributed by atoms with Crippen molar-refractivity contribution in [2.45, 2.75) is 12.8 Å². The van der Waals surface area contributed by atoms with E-state index in [1.165, 1.54) is 0 Å². The molecule has 1 N–H and O–H groups in total. The van der Waals surface area contributed by atoms with Gasteiger partial charge in [0.2, 0.25) is 5.91 Å². The van der Waals surface area contributed by atoms with Gasteiger partial charge in [0, 0.05) is 46.3 Å². The number of hydrogen-bond acceptors (Lipinski definition) is 5. The number of carbonyl (C=O) groups is 1. The lowest BCUT2D eigenvalue weighted by Crippen LogP contribution is -2.12. The molecule has 2 aromatic carbocycles. The third kappa shape index (κ3) is 4.47. The van der Waals surface area contributed by atoms with E-state index in [0.717, 1.165) is 21.8 Å². The Morgan fingerprint density at radius 2 is 1.79 bits per heavy atom. The van der Waals surface area contributed by atoms with Crippen LogP contribution >= 0.6 is 22.9 Å². The molecule has 0 aliphatic rings. The van der Waals surface area contributed by atoms with Crippen LogP contribution in [0.5, 0.6) is 0 Å². The van der Waals surface area contributed by atoms with Crippen molar-refractivity contribution in [2.75, 3.05) is 5.32 Å². The van der Waals surface area contributed by atoms with E-state index < -0.39 is 0 Å². The third-order valence-electron chi connectivity index (χ3n) is 4.10. The molecule has 0 atom stereocenters. The number of nitrogens with one attached hydrogen (secondary N) is 1. The van der Waals surface area contributed by atoms with Gasteiger partial charge in [-0.25, -0.2) is 9.97 Å². The highest BCUT2D eigenvalue weighted by Gasteiger charge is 2.10. The van der Waals surface area contributed by atoms with Gasteiger partial charge in [-0.15, -0.1) is 11.3 Å². The molecule has 4 aromatic rings. The molecule has 28 heavy (non-hydrogen) atoms. The van der Waals surface area contributed by atoms with Crippen LogP contribution in [0.2, 0.25) is 5.02 Å². The van der Waals surface area contributed by atoms with Crippen LogP contribution in [0.4, 0.5) is 5.69 Å². The molecule has 7 heteroatoms. The number of nitrogens with zero attached hydrogens (tertiary/aromatic N) is 2. The summed E-state index contributed by atoms with van der Waals surface area (Å²) in [6.07, 6.45) is 4.15. The van der Waals surface area contributed by atoms with Crippen LogP contribution in [0, 0.1) is 0 Å². The lowest BCUT2D eigenvalue weighted by atomic mass is 10.2. The number of rotatable bonds is 6. The van der Waals surface area contributed by atoms with Gasteiger partial charge in [-0.05, 0) is 48.5 Å². The molecule has 140 valence electrons. The maximum Gasteiger partial charge on any atom is 0.224 e. The van der Waals surface area contributed by atoms with Crippen molar-refractivity contribution in [1.82, 2.24) is 9.97 Å². The summed E-state index contributed by atoms with van der Waals surface area (Å²) >= 11 is 7.48. The van der Waals surface area contributed by atoms with Crippen molar-refractivity contribution < 1.29 is 9.21 Å². The van der Waals surface area contributed by atoms with Gasteiger partial charge in [-0.3, -0.25) is 4.79 Å². The topological polar surface area (TPSA) is 68.0 Å². The molecule has 2 aromatic heterocycles. The summed E-state index contributed by atoms with van der Waals surface area (Å²) in [5, 5.41) is 6.45. The first-order valence-electron chi connectivity index (χ1n) is 8.68. The molecule has 0 saturated heterocycles. The van der Waals surface area contributed by atoms with Crippen molar-refractivity contribution in [1.29, 1.82) is 0 Å². The first-order chi connectivity index (χ1) is 13.7. The Morgan fingerprint density at radius 1 is 1.04 bits per heavy atom.